The van der Waals surface area contributed by atoms with E-state index in [0.717, 1.165) is 12.8 Å². The number of nitro groups is 1. The summed E-state index contributed by atoms with van der Waals surface area (Å²) in [5, 5.41) is 15.5. The van der Waals surface area contributed by atoms with Crippen LogP contribution in [0.25, 0.3) is 11.3 Å². The number of nitro benzene ring substituents is 1. The first-order chi connectivity index (χ1) is 9.58. The van der Waals surface area contributed by atoms with Crippen LogP contribution in [0.3, 0.4) is 0 Å². The van der Waals surface area contributed by atoms with Crippen LogP contribution in [-0.2, 0) is 0 Å². The number of nitrogens with zero attached hydrogens (tertiary/aromatic N) is 3. The van der Waals surface area contributed by atoms with Gasteiger partial charge in [0, 0.05) is 12.3 Å². The Hall–Kier alpha value is -2.37. The van der Waals surface area contributed by atoms with E-state index in [1.165, 1.54) is 6.07 Å². The molecule has 1 aromatic carbocycles. The van der Waals surface area contributed by atoms with Gasteiger partial charge in [0.1, 0.15) is 5.69 Å². The van der Waals surface area contributed by atoms with Crippen LogP contribution in [0.15, 0.2) is 30.5 Å². The smallest absolute Gasteiger partial charge is 0.278 e. The van der Waals surface area contributed by atoms with Gasteiger partial charge in [0.2, 0.25) is 0 Å². The molecule has 0 aliphatic rings. The number of nitrogen functional groups attached to an aromatic ring is 1. The van der Waals surface area contributed by atoms with Crippen molar-refractivity contribution in [1.82, 2.24) is 9.78 Å². The first-order valence-corrected chi connectivity index (χ1v) is 6.66. The van der Waals surface area contributed by atoms with Crippen LogP contribution in [0.5, 0.6) is 0 Å². The largest absolute Gasteiger partial charge is 0.396 e. The molecule has 0 aliphatic heterocycles. The third-order valence-electron chi connectivity index (χ3n) is 3.43. The number of hydrogen-bond donors (Lipinski definition) is 1. The summed E-state index contributed by atoms with van der Waals surface area (Å²) in [6.45, 7) is 4.16. The lowest BCUT2D eigenvalue weighted by atomic mass is 10.1. The van der Waals surface area contributed by atoms with E-state index in [-0.39, 0.29) is 11.7 Å². The Morgan fingerprint density at radius 3 is 2.60 bits per heavy atom. The number of benzene rings is 1. The first kappa shape index (κ1) is 14.0. The summed E-state index contributed by atoms with van der Waals surface area (Å²) >= 11 is 0. The second kappa shape index (κ2) is 5.73. The first-order valence-electron chi connectivity index (χ1n) is 6.66. The van der Waals surface area contributed by atoms with Gasteiger partial charge in [-0.15, -0.1) is 0 Å². The minimum Gasteiger partial charge on any atom is -0.396 e. The number of rotatable bonds is 5. The molecule has 0 spiro atoms. The molecule has 2 N–H and O–H groups in total. The van der Waals surface area contributed by atoms with Gasteiger partial charge in [-0.05, 0) is 18.9 Å². The second-order valence-electron chi connectivity index (χ2n) is 4.66. The lowest BCUT2D eigenvalue weighted by Gasteiger charge is -2.12. The van der Waals surface area contributed by atoms with Gasteiger partial charge >= 0.3 is 0 Å². The number of nitrogens with two attached hydrogens (primary N) is 1. The lowest BCUT2D eigenvalue weighted by molar-refractivity contribution is -0.384. The minimum atomic E-state index is -0.412. The molecule has 0 atom stereocenters. The lowest BCUT2D eigenvalue weighted by Crippen LogP contribution is -2.07. The van der Waals surface area contributed by atoms with Crippen LogP contribution in [0.2, 0.25) is 0 Å². The minimum absolute atomic E-state index is 0.0222. The molecule has 6 heteroatoms. The fourth-order valence-electron chi connectivity index (χ4n) is 2.30. The zero-order valence-electron chi connectivity index (χ0n) is 11.6. The molecule has 106 valence electrons. The van der Waals surface area contributed by atoms with Gasteiger partial charge in [0.15, 0.2) is 0 Å². The molecule has 0 bridgehead atoms. The predicted molar refractivity (Wildman–Crippen MR) is 78.3 cm³/mol. The molecule has 6 nitrogen and oxygen atoms in total. The molecule has 1 aromatic heterocycles. The van der Waals surface area contributed by atoms with Gasteiger partial charge in [-0.2, -0.15) is 5.10 Å². The van der Waals surface area contributed by atoms with Crippen LogP contribution in [0.1, 0.15) is 32.7 Å². The number of anilines is 1. The topological polar surface area (TPSA) is 87.0 Å². The van der Waals surface area contributed by atoms with Crippen molar-refractivity contribution in [2.24, 2.45) is 0 Å². The number of hydrogen-bond acceptors (Lipinski definition) is 4. The average Bonchev–Trinajstić information content (AvgIpc) is 2.82. The maximum absolute atomic E-state index is 11.1. The van der Waals surface area contributed by atoms with Crippen molar-refractivity contribution in [3.05, 3.63) is 40.6 Å². The molecule has 0 saturated heterocycles. The molecule has 0 amide bonds. The van der Waals surface area contributed by atoms with E-state index in [2.05, 4.69) is 18.9 Å². The van der Waals surface area contributed by atoms with Crippen LogP contribution in [0.4, 0.5) is 11.4 Å². The highest BCUT2D eigenvalue weighted by atomic mass is 16.6. The Bertz CT molecular complexity index is 617. The second-order valence-corrected chi connectivity index (χ2v) is 4.66. The Morgan fingerprint density at radius 2 is 2.00 bits per heavy atom. The molecule has 2 rings (SSSR count). The van der Waals surface area contributed by atoms with Crippen LogP contribution in [0, 0.1) is 10.1 Å². The Labute approximate surface area is 117 Å². The molecule has 1 heterocycles. The van der Waals surface area contributed by atoms with Gasteiger partial charge in [-0.25, -0.2) is 0 Å². The van der Waals surface area contributed by atoms with Crippen LogP contribution >= 0.6 is 0 Å². The predicted octanol–water partition coefficient (Wildman–Crippen LogP) is 3.40. The summed E-state index contributed by atoms with van der Waals surface area (Å²) in [5.74, 6) is 0. The van der Waals surface area contributed by atoms with Crippen molar-refractivity contribution in [2.75, 3.05) is 5.73 Å². The summed E-state index contributed by atoms with van der Waals surface area (Å²) in [6.07, 6.45) is 3.63. The summed E-state index contributed by atoms with van der Waals surface area (Å²) in [4.78, 5) is 10.7. The third-order valence-corrected chi connectivity index (χ3v) is 3.43. The van der Waals surface area contributed by atoms with E-state index < -0.39 is 4.92 Å². The SMILES string of the molecule is CCC(CC)n1cc(N)c(-c2ccccc2[N+](=O)[O-])n1. The van der Waals surface area contributed by atoms with Gasteiger partial charge < -0.3 is 5.73 Å². The summed E-state index contributed by atoms with van der Waals surface area (Å²) in [6, 6.07) is 6.78. The van der Waals surface area contributed by atoms with Crippen molar-refractivity contribution in [3.63, 3.8) is 0 Å². The third kappa shape index (κ3) is 2.49. The van der Waals surface area contributed by atoms with Crippen molar-refractivity contribution in [3.8, 4) is 11.3 Å². The summed E-state index contributed by atoms with van der Waals surface area (Å²) in [7, 11) is 0. The van der Waals surface area contributed by atoms with Crippen molar-refractivity contribution in [1.29, 1.82) is 0 Å². The molecule has 0 unspecified atom stereocenters. The molecule has 0 aliphatic carbocycles. The van der Waals surface area contributed by atoms with Gasteiger partial charge in [0.05, 0.1) is 22.2 Å². The molecule has 0 radical (unpaired) electrons. The van der Waals surface area contributed by atoms with E-state index in [1.54, 1.807) is 29.1 Å². The van der Waals surface area contributed by atoms with E-state index in [4.69, 9.17) is 5.73 Å². The molecular weight excluding hydrogens is 256 g/mol. The molecule has 2 aromatic rings. The fourth-order valence-corrected chi connectivity index (χ4v) is 2.30. The van der Waals surface area contributed by atoms with Crippen molar-refractivity contribution in [2.45, 2.75) is 32.7 Å². The highest BCUT2D eigenvalue weighted by Gasteiger charge is 2.20. The van der Waals surface area contributed by atoms with E-state index in [0.29, 0.717) is 16.9 Å². The maximum Gasteiger partial charge on any atom is 0.278 e. The summed E-state index contributed by atoms with van der Waals surface area (Å²) in [5.41, 5.74) is 7.40. The quantitative estimate of drug-likeness (QED) is 0.668. The Balaban J connectivity index is 2.51. The van der Waals surface area contributed by atoms with E-state index >= 15 is 0 Å². The summed E-state index contributed by atoms with van der Waals surface area (Å²) < 4.78 is 1.81. The molecular formula is C14H18N4O2. The molecule has 20 heavy (non-hydrogen) atoms. The Kier molecular flexibility index (Phi) is 4.02. The normalized spacial score (nSPS) is 10.9. The Morgan fingerprint density at radius 1 is 1.35 bits per heavy atom. The number of aromatic nitrogens is 2. The van der Waals surface area contributed by atoms with Gasteiger partial charge in [-0.3, -0.25) is 14.8 Å². The fraction of sp³-hybridized carbons (Fsp3) is 0.357. The van der Waals surface area contributed by atoms with E-state index in [1.807, 2.05) is 0 Å². The van der Waals surface area contributed by atoms with E-state index in [9.17, 15) is 10.1 Å². The highest BCUT2D eigenvalue weighted by Crippen LogP contribution is 2.33. The maximum atomic E-state index is 11.1. The number of para-hydroxylation sites is 1. The van der Waals surface area contributed by atoms with Crippen LogP contribution in [-0.4, -0.2) is 14.7 Å². The van der Waals surface area contributed by atoms with Gasteiger partial charge in [-0.1, -0.05) is 26.0 Å². The van der Waals surface area contributed by atoms with Gasteiger partial charge in [0.25, 0.3) is 5.69 Å². The average molecular weight is 274 g/mol. The van der Waals surface area contributed by atoms with Crippen molar-refractivity contribution >= 4 is 11.4 Å². The standard InChI is InChI=1S/C14H18N4O2/c1-3-10(4-2)17-9-12(15)14(16-17)11-7-5-6-8-13(11)18(19)20/h5-10H,3-4,15H2,1-2H3. The van der Waals surface area contributed by atoms with Crippen LogP contribution < -0.4 is 5.73 Å². The zero-order chi connectivity index (χ0) is 14.7. The zero-order valence-corrected chi connectivity index (χ0v) is 11.6. The highest BCUT2D eigenvalue weighted by molar-refractivity contribution is 5.78. The van der Waals surface area contributed by atoms with Crippen molar-refractivity contribution < 1.29 is 4.92 Å². The monoisotopic (exact) mass is 274 g/mol. The molecule has 0 saturated carbocycles. The molecule has 0 fully saturated rings.